The topological polar surface area (TPSA) is 46.5 Å². The maximum atomic E-state index is 13.3. The van der Waals surface area contributed by atoms with E-state index in [1.165, 1.54) is 0 Å². The zero-order valence-corrected chi connectivity index (χ0v) is 13.9. The molecule has 1 saturated carbocycles. The van der Waals surface area contributed by atoms with Crippen molar-refractivity contribution in [2.45, 2.75) is 64.1 Å². The maximum Gasteiger partial charge on any atom is 0.419 e. The summed E-state index contributed by atoms with van der Waals surface area (Å²) in [5, 5.41) is 9.09. The molecule has 0 aromatic heterocycles. The summed E-state index contributed by atoms with van der Waals surface area (Å²) < 4.78 is 45.9. The predicted octanol–water partition coefficient (Wildman–Crippen LogP) is 5.53. The SMILES string of the molecule is CCC(C)C1(Oc2cc(C(=O)O)ccc2C(F)(F)F)CCCCC1. The van der Waals surface area contributed by atoms with Crippen LogP contribution in [-0.4, -0.2) is 16.7 Å². The van der Waals surface area contributed by atoms with Crippen molar-refractivity contribution in [2.75, 3.05) is 0 Å². The average molecular weight is 344 g/mol. The van der Waals surface area contributed by atoms with Crippen LogP contribution in [0.2, 0.25) is 0 Å². The summed E-state index contributed by atoms with van der Waals surface area (Å²) >= 11 is 0. The van der Waals surface area contributed by atoms with Gasteiger partial charge < -0.3 is 9.84 Å². The molecule has 1 aromatic rings. The number of benzene rings is 1. The highest BCUT2D eigenvalue weighted by Crippen LogP contribution is 2.44. The molecule has 2 rings (SSSR count). The lowest BCUT2D eigenvalue weighted by Crippen LogP contribution is -2.44. The molecule has 1 unspecified atom stereocenters. The van der Waals surface area contributed by atoms with Gasteiger partial charge in [0.15, 0.2) is 0 Å². The lowest BCUT2D eigenvalue weighted by atomic mass is 9.75. The van der Waals surface area contributed by atoms with Crippen molar-refractivity contribution in [1.82, 2.24) is 0 Å². The van der Waals surface area contributed by atoms with Crippen molar-refractivity contribution in [3.8, 4) is 5.75 Å². The quantitative estimate of drug-likeness (QED) is 0.764. The highest BCUT2D eigenvalue weighted by atomic mass is 19.4. The molecule has 0 aliphatic heterocycles. The van der Waals surface area contributed by atoms with Crippen LogP contribution in [0.25, 0.3) is 0 Å². The maximum absolute atomic E-state index is 13.3. The van der Waals surface area contributed by atoms with Crippen LogP contribution in [0.3, 0.4) is 0 Å². The number of carbonyl (C=O) groups is 1. The van der Waals surface area contributed by atoms with Crippen molar-refractivity contribution >= 4 is 5.97 Å². The molecule has 0 radical (unpaired) electrons. The molecule has 24 heavy (non-hydrogen) atoms. The molecule has 0 saturated heterocycles. The van der Waals surface area contributed by atoms with E-state index < -0.39 is 23.3 Å². The van der Waals surface area contributed by atoms with Gasteiger partial charge in [0.25, 0.3) is 0 Å². The van der Waals surface area contributed by atoms with Gasteiger partial charge >= 0.3 is 12.1 Å². The third kappa shape index (κ3) is 3.84. The summed E-state index contributed by atoms with van der Waals surface area (Å²) in [6.07, 6.45) is 0.447. The number of hydrogen-bond donors (Lipinski definition) is 1. The molecular weight excluding hydrogens is 321 g/mol. The van der Waals surface area contributed by atoms with E-state index in [9.17, 15) is 18.0 Å². The Balaban J connectivity index is 2.47. The molecule has 0 spiro atoms. The van der Waals surface area contributed by atoms with E-state index in [4.69, 9.17) is 9.84 Å². The Bertz CT molecular complexity index is 590. The Morgan fingerprint density at radius 3 is 2.42 bits per heavy atom. The summed E-state index contributed by atoms with van der Waals surface area (Å²) in [4.78, 5) is 11.1. The minimum atomic E-state index is -4.59. The van der Waals surface area contributed by atoms with Crippen LogP contribution in [0.1, 0.15) is 68.3 Å². The number of halogens is 3. The van der Waals surface area contributed by atoms with Gasteiger partial charge in [-0.3, -0.25) is 0 Å². The number of carboxylic acids is 1. The summed E-state index contributed by atoms with van der Waals surface area (Å²) in [5.74, 6) is -1.55. The standard InChI is InChI=1S/C18H23F3O3/c1-3-12(2)17(9-5-4-6-10-17)24-15-11-13(16(22)23)7-8-14(15)18(19,20)21/h7-8,11-12H,3-6,9-10H2,1-2H3,(H,22,23). The monoisotopic (exact) mass is 344 g/mol. The van der Waals surface area contributed by atoms with E-state index in [0.717, 1.165) is 43.9 Å². The zero-order valence-electron chi connectivity index (χ0n) is 13.9. The van der Waals surface area contributed by atoms with Crippen molar-refractivity contribution < 1.29 is 27.8 Å². The number of ether oxygens (including phenoxy) is 1. The largest absolute Gasteiger partial charge is 0.486 e. The Labute approximate surface area is 139 Å². The van der Waals surface area contributed by atoms with Crippen LogP contribution in [0.5, 0.6) is 5.75 Å². The molecule has 3 nitrogen and oxygen atoms in total. The second-order valence-corrected chi connectivity index (χ2v) is 6.55. The van der Waals surface area contributed by atoms with Gasteiger partial charge in [-0.05, 0) is 56.2 Å². The lowest BCUT2D eigenvalue weighted by Gasteiger charge is -2.42. The molecule has 6 heteroatoms. The average Bonchev–Trinajstić information content (AvgIpc) is 2.53. The van der Waals surface area contributed by atoms with E-state index >= 15 is 0 Å². The Morgan fingerprint density at radius 2 is 1.92 bits per heavy atom. The first kappa shape index (κ1) is 18.6. The Morgan fingerprint density at radius 1 is 1.29 bits per heavy atom. The molecular formula is C18H23F3O3. The molecule has 0 amide bonds. The fourth-order valence-electron chi connectivity index (χ4n) is 3.41. The summed E-state index contributed by atoms with van der Waals surface area (Å²) in [7, 11) is 0. The van der Waals surface area contributed by atoms with E-state index in [2.05, 4.69) is 0 Å². The minimum Gasteiger partial charge on any atom is -0.486 e. The molecule has 1 aliphatic carbocycles. The van der Waals surface area contributed by atoms with E-state index in [-0.39, 0.29) is 17.2 Å². The van der Waals surface area contributed by atoms with Crippen molar-refractivity contribution in [1.29, 1.82) is 0 Å². The molecule has 1 atom stereocenters. The fraction of sp³-hybridized carbons (Fsp3) is 0.611. The van der Waals surface area contributed by atoms with Gasteiger partial charge in [0, 0.05) is 0 Å². The molecule has 0 heterocycles. The molecule has 0 bridgehead atoms. The van der Waals surface area contributed by atoms with Crippen molar-refractivity contribution in [2.24, 2.45) is 5.92 Å². The van der Waals surface area contributed by atoms with Crippen LogP contribution in [-0.2, 0) is 6.18 Å². The van der Waals surface area contributed by atoms with Crippen molar-refractivity contribution in [3.05, 3.63) is 29.3 Å². The van der Waals surface area contributed by atoms with Crippen LogP contribution >= 0.6 is 0 Å². The van der Waals surface area contributed by atoms with Gasteiger partial charge in [-0.15, -0.1) is 0 Å². The second-order valence-electron chi connectivity index (χ2n) is 6.55. The van der Waals surface area contributed by atoms with Gasteiger partial charge in [0.05, 0.1) is 11.1 Å². The van der Waals surface area contributed by atoms with E-state index in [1.807, 2.05) is 13.8 Å². The van der Waals surface area contributed by atoms with Gasteiger partial charge in [-0.2, -0.15) is 13.2 Å². The summed E-state index contributed by atoms with van der Waals surface area (Å²) in [5.41, 5.74) is -1.78. The third-order valence-electron chi connectivity index (χ3n) is 5.06. The first-order valence-electron chi connectivity index (χ1n) is 8.33. The molecule has 1 fully saturated rings. The highest BCUT2D eigenvalue weighted by molar-refractivity contribution is 5.88. The van der Waals surface area contributed by atoms with Crippen LogP contribution in [0.15, 0.2) is 18.2 Å². The first-order valence-corrected chi connectivity index (χ1v) is 8.33. The smallest absolute Gasteiger partial charge is 0.419 e. The molecule has 1 N–H and O–H groups in total. The molecule has 1 aromatic carbocycles. The van der Waals surface area contributed by atoms with Gasteiger partial charge in [0.1, 0.15) is 11.4 Å². The Kier molecular flexibility index (Phi) is 5.45. The van der Waals surface area contributed by atoms with Gasteiger partial charge in [-0.1, -0.05) is 20.3 Å². The number of aromatic carboxylic acids is 1. The second kappa shape index (κ2) is 7.03. The number of alkyl halides is 3. The normalized spacial score (nSPS) is 18.9. The fourth-order valence-corrected chi connectivity index (χ4v) is 3.41. The molecule has 1 aliphatic rings. The minimum absolute atomic E-state index is 0.0902. The number of hydrogen-bond acceptors (Lipinski definition) is 2. The number of rotatable bonds is 5. The van der Waals surface area contributed by atoms with Crippen LogP contribution < -0.4 is 4.74 Å². The summed E-state index contributed by atoms with van der Waals surface area (Å²) in [6.45, 7) is 3.97. The van der Waals surface area contributed by atoms with E-state index in [0.29, 0.717) is 12.8 Å². The highest BCUT2D eigenvalue weighted by Gasteiger charge is 2.42. The Hall–Kier alpha value is -1.72. The van der Waals surface area contributed by atoms with Crippen LogP contribution in [0, 0.1) is 5.92 Å². The number of carboxylic acid groups (broad SMARTS) is 1. The van der Waals surface area contributed by atoms with Gasteiger partial charge in [-0.25, -0.2) is 4.79 Å². The first-order chi connectivity index (χ1) is 11.2. The van der Waals surface area contributed by atoms with E-state index in [1.54, 1.807) is 0 Å². The summed E-state index contributed by atoms with van der Waals surface area (Å²) in [6, 6.07) is 2.77. The van der Waals surface area contributed by atoms with Gasteiger partial charge in [0.2, 0.25) is 0 Å². The lowest BCUT2D eigenvalue weighted by molar-refractivity contribution is -0.141. The third-order valence-corrected chi connectivity index (χ3v) is 5.06. The zero-order chi connectivity index (χ0) is 18.0. The van der Waals surface area contributed by atoms with Crippen molar-refractivity contribution in [3.63, 3.8) is 0 Å². The van der Waals surface area contributed by atoms with Crippen LogP contribution in [0.4, 0.5) is 13.2 Å². The predicted molar refractivity (Wildman–Crippen MR) is 84.3 cm³/mol. The molecule has 134 valence electrons.